The van der Waals surface area contributed by atoms with Crippen LogP contribution in [-0.2, 0) is 9.53 Å². The van der Waals surface area contributed by atoms with Crippen molar-refractivity contribution in [3.63, 3.8) is 0 Å². The zero-order valence-electron chi connectivity index (χ0n) is 10.4. The molecule has 0 aromatic heterocycles. The molecule has 2 aliphatic rings. The van der Waals surface area contributed by atoms with Crippen molar-refractivity contribution in [2.24, 2.45) is 10.8 Å². The molecule has 0 aromatic carbocycles. The Labute approximate surface area is 92.4 Å². The van der Waals surface area contributed by atoms with Gasteiger partial charge in [0.1, 0.15) is 5.60 Å². The third-order valence-corrected chi connectivity index (χ3v) is 3.70. The molecule has 1 saturated carbocycles. The zero-order chi connectivity index (χ0) is 11.3. The van der Waals surface area contributed by atoms with Gasteiger partial charge in [0.15, 0.2) is 5.78 Å². The molecule has 1 spiro atoms. The van der Waals surface area contributed by atoms with Crippen LogP contribution in [0.4, 0.5) is 0 Å². The summed E-state index contributed by atoms with van der Waals surface area (Å²) in [5.41, 5.74) is 0.00868. The smallest absolute Gasteiger partial charge is 0.166 e. The van der Waals surface area contributed by atoms with Crippen molar-refractivity contribution in [2.75, 3.05) is 6.61 Å². The van der Waals surface area contributed by atoms with E-state index in [2.05, 4.69) is 27.7 Å². The molecule has 2 rings (SSSR count). The van der Waals surface area contributed by atoms with Gasteiger partial charge < -0.3 is 4.74 Å². The van der Waals surface area contributed by atoms with E-state index >= 15 is 0 Å². The number of hydrogen-bond acceptors (Lipinski definition) is 2. The van der Waals surface area contributed by atoms with Gasteiger partial charge in [0.2, 0.25) is 0 Å². The molecule has 0 unspecified atom stereocenters. The van der Waals surface area contributed by atoms with E-state index in [1.54, 1.807) is 0 Å². The van der Waals surface area contributed by atoms with Crippen molar-refractivity contribution in [1.29, 1.82) is 0 Å². The average molecular weight is 210 g/mol. The first-order valence-electron chi connectivity index (χ1n) is 5.92. The molecule has 2 nitrogen and oxygen atoms in total. The minimum absolute atomic E-state index is 0.224. The summed E-state index contributed by atoms with van der Waals surface area (Å²) in [6, 6.07) is 0. The lowest BCUT2D eigenvalue weighted by atomic mass is 9.59. The average Bonchev–Trinajstić information content (AvgIpc) is 2.25. The van der Waals surface area contributed by atoms with Crippen LogP contribution in [0.3, 0.4) is 0 Å². The van der Waals surface area contributed by atoms with Crippen molar-refractivity contribution in [1.82, 2.24) is 0 Å². The summed E-state index contributed by atoms with van der Waals surface area (Å²) in [5, 5.41) is 0. The van der Waals surface area contributed by atoms with Crippen LogP contribution in [0.25, 0.3) is 0 Å². The lowest BCUT2D eigenvalue weighted by molar-refractivity contribution is -0.147. The summed E-state index contributed by atoms with van der Waals surface area (Å²) in [4.78, 5) is 12.0. The van der Waals surface area contributed by atoms with E-state index in [9.17, 15) is 4.79 Å². The van der Waals surface area contributed by atoms with Gasteiger partial charge in [-0.2, -0.15) is 0 Å². The van der Waals surface area contributed by atoms with Crippen LogP contribution in [0.15, 0.2) is 0 Å². The molecule has 2 heteroatoms. The summed E-state index contributed by atoms with van der Waals surface area (Å²) in [6.45, 7) is 9.65. The maximum atomic E-state index is 12.0. The van der Waals surface area contributed by atoms with E-state index in [0.717, 1.165) is 12.8 Å². The number of carbonyl (C=O) groups excluding carboxylic acids is 1. The quantitative estimate of drug-likeness (QED) is 0.614. The molecule has 0 bridgehead atoms. The minimum atomic E-state index is -0.439. The molecule has 0 amide bonds. The van der Waals surface area contributed by atoms with Crippen LogP contribution in [0, 0.1) is 10.8 Å². The van der Waals surface area contributed by atoms with E-state index in [1.165, 1.54) is 6.42 Å². The Balaban J connectivity index is 2.30. The monoisotopic (exact) mass is 210 g/mol. The van der Waals surface area contributed by atoms with Crippen molar-refractivity contribution < 1.29 is 9.53 Å². The van der Waals surface area contributed by atoms with Gasteiger partial charge in [-0.15, -0.1) is 0 Å². The van der Waals surface area contributed by atoms with Gasteiger partial charge in [-0.1, -0.05) is 27.7 Å². The number of ether oxygens (including phenoxy) is 1. The lowest BCUT2D eigenvalue weighted by Gasteiger charge is -2.49. The Morgan fingerprint density at radius 3 is 1.93 bits per heavy atom. The summed E-state index contributed by atoms with van der Waals surface area (Å²) < 4.78 is 5.82. The second kappa shape index (κ2) is 3.07. The van der Waals surface area contributed by atoms with Crippen molar-refractivity contribution in [2.45, 2.75) is 59.0 Å². The predicted octanol–water partition coefficient (Wildman–Crippen LogP) is 2.95. The van der Waals surface area contributed by atoms with Crippen molar-refractivity contribution in [3.8, 4) is 0 Å². The number of rotatable bonds is 0. The highest BCUT2D eigenvalue weighted by Gasteiger charge is 2.54. The molecule has 1 aliphatic carbocycles. The third-order valence-electron chi connectivity index (χ3n) is 3.70. The van der Waals surface area contributed by atoms with Gasteiger partial charge in [0.25, 0.3) is 0 Å². The predicted molar refractivity (Wildman–Crippen MR) is 59.7 cm³/mol. The van der Waals surface area contributed by atoms with Crippen LogP contribution >= 0.6 is 0 Å². The van der Waals surface area contributed by atoms with E-state index in [0.29, 0.717) is 18.8 Å². The second-order valence-electron chi connectivity index (χ2n) is 6.87. The number of carbonyl (C=O) groups is 1. The standard InChI is InChI=1S/C13H22O2/c1-11(2)7-12(3,4)9-13(8-11)10(14)5-6-15-13/h5-9H2,1-4H3. The summed E-state index contributed by atoms with van der Waals surface area (Å²) in [6.07, 6.45) is 3.61. The first-order valence-corrected chi connectivity index (χ1v) is 5.92. The summed E-state index contributed by atoms with van der Waals surface area (Å²) in [7, 11) is 0. The molecule has 0 radical (unpaired) electrons. The molecular formula is C13H22O2. The molecule has 0 N–H and O–H groups in total. The van der Waals surface area contributed by atoms with E-state index in [-0.39, 0.29) is 10.8 Å². The Hall–Kier alpha value is -0.370. The largest absolute Gasteiger partial charge is 0.367 e. The first kappa shape index (κ1) is 11.1. The molecule has 86 valence electrons. The fourth-order valence-electron chi connectivity index (χ4n) is 3.98. The summed E-state index contributed by atoms with van der Waals surface area (Å²) >= 11 is 0. The normalized spacial score (nSPS) is 32.1. The molecule has 0 atom stereocenters. The Bertz CT molecular complexity index is 273. The van der Waals surface area contributed by atoms with Crippen LogP contribution in [-0.4, -0.2) is 18.0 Å². The zero-order valence-corrected chi connectivity index (χ0v) is 10.4. The van der Waals surface area contributed by atoms with Gasteiger partial charge in [-0.25, -0.2) is 0 Å². The molecule has 0 aromatic rings. The number of Topliss-reactive ketones (excluding diaryl/α,β-unsaturated/α-hetero) is 1. The Morgan fingerprint density at radius 2 is 1.53 bits per heavy atom. The molecule has 1 aliphatic heterocycles. The molecule has 1 heterocycles. The highest BCUT2D eigenvalue weighted by Crippen LogP contribution is 2.53. The minimum Gasteiger partial charge on any atom is -0.367 e. The van der Waals surface area contributed by atoms with Gasteiger partial charge in [0.05, 0.1) is 6.61 Å². The van der Waals surface area contributed by atoms with Gasteiger partial charge in [-0.05, 0) is 30.1 Å². The van der Waals surface area contributed by atoms with E-state index in [1.807, 2.05) is 0 Å². The fourth-order valence-corrected chi connectivity index (χ4v) is 3.98. The Morgan fingerprint density at radius 1 is 1.00 bits per heavy atom. The summed E-state index contributed by atoms with van der Waals surface area (Å²) in [5.74, 6) is 0.336. The van der Waals surface area contributed by atoms with Gasteiger partial charge in [-0.3, -0.25) is 4.79 Å². The van der Waals surface area contributed by atoms with Crippen molar-refractivity contribution >= 4 is 5.78 Å². The third kappa shape index (κ3) is 1.96. The highest BCUT2D eigenvalue weighted by molar-refractivity contribution is 5.89. The second-order valence-corrected chi connectivity index (χ2v) is 6.87. The molecular weight excluding hydrogens is 188 g/mol. The molecule has 2 fully saturated rings. The van der Waals surface area contributed by atoms with Crippen molar-refractivity contribution in [3.05, 3.63) is 0 Å². The number of ketones is 1. The van der Waals surface area contributed by atoms with E-state index in [4.69, 9.17) is 4.74 Å². The maximum Gasteiger partial charge on any atom is 0.166 e. The van der Waals surface area contributed by atoms with E-state index < -0.39 is 5.60 Å². The lowest BCUT2D eigenvalue weighted by Crippen LogP contribution is -2.49. The van der Waals surface area contributed by atoms with Gasteiger partial charge in [0, 0.05) is 6.42 Å². The highest BCUT2D eigenvalue weighted by atomic mass is 16.5. The molecule has 15 heavy (non-hydrogen) atoms. The van der Waals surface area contributed by atoms with Crippen LogP contribution in [0.5, 0.6) is 0 Å². The van der Waals surface area contributed by atoms with Gasteiger partial charge >= 0.3 is 0 Å². The topological polar surface area (TPSA) is 26.3 Å². The first-order chi connectivity index (χ1) is 6.75. The fraction of sp³-hybridized carbons (Fsp3) is 0.923. The van der Waals surface area contributed by atoms with Crippen LogP contribution < -0.4 is 0 Å². The number of hydrogen-bond donors (Lipinski definition) is 0. The maximum absolute atomic E-state index is 12.0. The molecule has 1 saturated heterocycles. The Kier molecular flexibility index (Phi) is 2.27. The SMILES string of the molecule is CC1(C)CC(C)(C)CC2(C1)OCCC2=O. The van der Waals surface area contributed by atoms with Crippen LogP contribution in [0.1, 0.15) is 53.4 Å². The van der Waals surface area contributed by atoms with Crippen LogP contribution in [0.2, 0.25) is 0 Å².